The number of carbonyl (C=O) groups is 1. The zero-order chi connectivity index (χ0) is 11.4. The van der Waals surface area contributed by atoms with Crippen molar-refractivity contribution < 1.29 is 19.2 Å². The molecule has 1 aromatic carbocycles. The maximum absolute atomic E-state index is 12.8. The molecule has 2 N–H and O–H groups in total. The summed E-state index contributed by atoms with van der Waals surface area (Å²) >= 11 is 0. The van der Waals surface area contributed by atoms with Gasteiger partial charge in [0, 0.05) is 12.6 Å². The normalized spacial score (nSPS) is 9.67. The molecular formula is C8H7FN2O4. The van der Waals surface area contributed by atoms with Gasteiger partial charge >= 0.3 is 11.8 Å². The van der Waals surface area contributed by atoms with Crippen LogP contribution in [0.15, 0.2) is 18.2 Å². The summed E-state index contributed by atoms with van der Waals surface area (Å²) in [7, 11) is 0. The van der Waals surface area contributed by atoms with Crippen molar-refractivity contribution in [2.24, 2.45) is 0 Å². The number of hydrogen-bond donors (Lipinski definition) is 2. The molecule has 0 aliphatic carbocycles. The molecule has 1 aromatic rings. The van der Waals surface area contributed by atoms with Gasteiger partial charge in [-0.25, -0.2) is 4.79 Å². The highest BCUT2D eigenvalue weighted by Crippen LogP contribution is 2.18. The number of nitro groups is 1. The van der Waals surface area contributed by atoms with Crippen LogP contribution in [0, 0.1) is 15.9 Å². The Morgan fingerprint density at radius 2 is 2.27 bits per heavy atom. The number of benzene rings is 1. The second kappa shape index (κ2) is 4.36. The van der Waals surface area contributed by atoms with Crippen molar-refractivity contribution in [3.63, 3.8) is 0 Å². The third kappa shape index (κ3) is 2.90. The van der Waals surface area contributed by atoms with E-state index in [1.54, 1.807) is 0 Å². The molecule has 0 radical (unpaired) electrons. The Balaban J connectivity index is 2.87. The average molecular weight is 214 g/mol. The van der Waals surface area contributed by atoms with Crippen molar-refractivity contribution in [3.05, 3.63) is 39.7 Å². The highest BCUT2D eigenvalue weighted by molar-refractivity contribution is 5.64. The first-order valence-electron chi connectivity index (χ1n) is 3.90. The third-order valence-corrected chi connectivity index (χ3v) is 1.65. The van der Waals surface area contributed by atoms with Gasteiger partial charge in [-0.1, -0.05) is 6.07 Å². The first-order chi connectivity index (χ1) is 7.00. The number of rotatable bonds is 3. The monoisotopic (exact) mass is 214 g/mol. The minimum Gasteiger partial charge on any atom is -0.465 e. The topological polar surface area (TPSA) is 92.5 Å². The highest BCUT2D eigenvalue weighted by atomic mass is 19.1. The van der Waals surface area contributed by atoms with Crippen molar-refractivity contribution in [1.29, 1.82) is 0 Å². The summed E-state index contributed by atoms with van der Waals surface area (Å²) in [5.74, 6) is -0.945. The fraction of sp³-hybridized carbons (Fsp3) is 0.125. The fourth-order valence-corrected chi connectivity index (χ4v) is 0.986. The molecule has 1 amide bonds. The van der Waals surface area contributed by atoms with Crippen LogP contribution in [-0.4, -0.2) is 16.1 Å². The Kier molecular flexibility index (Phi) is 3.17. The molecule has 0 fully saturated rings. The Morgan fingerprint density at radius 3 is 2.80 bits per heavy atom. The van der Waals surface area contributed by atoms with E-state index in [9.17, 15) is 19.3 Å². The number of nitrogens with zero attached hydrogens (tertiary/aromatic N) is 1. The lowest BCUT2D eigenvalue weighted by Crippen LogP contribution is -2.19. The van der Waals surface area contributed by atoms with Crippen LogP contribution in [0.5, 0.6) is 0 Å². The van der Waals surface area contributed by atoms with Gasteiger partial charge in [0.15, 0.2) is 0 Å². The molecule has 6 nitrogen and oxygen atoms in total. The summed E-state index contributed by atoms with van der Waals surface area (Å²) in [4.78, 5) is 19.6. The zero-order valence-corrected chi connectivity index (χ0v) is 7.44. The first-order valence-corrected chi connectivity index (χ1v) is 3.90. The van der Waals surface area contributed by atoms with Crippen LogP contribution in [-0.2, 0) is 6.54 Å². The van der Waals surface area contributed by atoms with Gasteiger partial charge in [0.2, 0.25) is 5.82 Å². The van der Waals surface area contributed by atoms with E-state index in [0.29, 0.717) is 5.56 Å². The predicted molar refractivity (Wildman–Crippen MR) is 47.9 cm³/mol. The van der Waals surface area contributed by atoms with Gasteiger partial charge in [-0.3, -0.25) is 10.1 Å². The first kappa shape index (κ1) is 10.9. The molecule has 0 spiro atoms. The minimum absolute atomic E-state index is 0.101. The number of carboxylic acid groups (broad SMARTS) is 1. The summed E-state index contributed by atoms with van der Waals surface area (Å²) in [5.41, 5.74) is -0.342. The maximum atomic E-state index is 12.8. The van der Waals surface area contributed by atoms with Crippen molar-refractivity contribution in [2.45, 2.75) is 6.54 Å². The molecule has 0 saturated heterocycles. The van der Waals surface area contributed by atoms with Crippen LogP contribution >= 0.6 is 0 Å². The van der Waals surface area contributed by atoms with Crippen LogP contribution in [0.25, 0.3) is 0 Å². The zero-order valence-electron chi connectivity index (χ0n) is 7.44. The molecule has 0 atom stereocenters. The smallest absolute Gasteiger partial charge is 0.404 e. The second-order valence-electron chi connectivity index (χ2n) is 2.70. The molecule has 0 heterocycles. The molecule has 0 aliphatic rings. The average Bonchev–Trinajstić information content (AvgIpc) is 2.16. The van der Waals surface area contributed by atoms with E-state index in [-0.39, 0.29) is 6.54 Å². The molecule has 80 valence electrons. The van der Waals surface area contributed by atoms with Gasteiger partial charge < -0.3 is 10.4 Å². The largest absolute Gasteiger partial charge is 0.465 e. The second-order valence-corrected chi connectivity index (χ2v) is 2.70. The van der Waals surface area contributed by atoms with E-state index in [4.69, 9.17) is 5.11 Å². The van der Waals surface area contributed by atoms with E-state index >= 15 is 0 Å². The van der Waals surface area contributed by atoms with Gasteiger partial charge in [-0.15, -0.1) is 0 Å². The fourth-order valence-electron chi connectivity index (χ4n) is 0.986. The lowest BCUT2D eigenvalue weighted by atomic mass is 10.2. The molecular weight excluding hydrogens is 207 g/mol. The van der Waals surface area contributed by atoms with Gasteiger partial charge in [0.05, 0.1) is 4.92 Å². The van der Waals surface area contributed by atoms with Crippen LogP contribution in [0.2, 0.25) is 0 Å². The molecule has 0 aliphatic heterocycles. The molecule has 0 saturated carbocycles. The molecule has 0 bridgehead atoms. The van der Waals surface area contributed by atoms with Crippen molar-refractivity contribution in [2.75, 3.05) is 0 Å². The van der Waals surface area contributed by atoms with Crippen molar-refractivity contribution in [3.8, 4) is 0 Å². The maximum Gasteiger partial charge on any atom is 0.404 e. The Bertz CT molecular complexity index is 408. The van der Waals surface area contributed by atoms with Crippen LogP contribution in [0.4, 0.5) is 14.9 Å². The molecule has 1 rings (SSSR count). The Labute approximate surface area is 83.5 Å². The van der Waals surface area contributed by atoms with E-state index in [1.807, 2.05) is 5.32 Å². The van der Waals surface area contributed by atoms with Crippen molar-refractivity contribution >= 4 is 11.8 Å². The number of halogens is 1. The summed E-state index contributed by atoms with van der Waals surface area (Å²) in [6.07, 6.45) is -1.25. The summed E-state index contributed by atoms with van der Waals surface area (Å²) in [6.45, 7) is -0.101. The predicted octanol–water partition coefficient (Wildman–Crippen LogP) is 1.50. The molecule has 7 heteroatoms. The van der Waals surface area contributed by atoms with Crippen LogP contribution in [0.3, 0.4) is 0 Å². The van der Waals surface area contributed by atoms with Crippen LogP contribution in [0.1, 0.15) is 5.56 Å². The van der Waals surface area contributed by atoms with E-state index in [1.165, 1.54) is 6.07 Å². The van der Waals surface area contributed by atoms with Gasteiger partial charge in [0.25, 0.3) is 0 Å². The summed E-state index contributed by atoms with van der Waals surface area (Å²) < 4.78 is 12.8. The number of nitro benzene ring substituents is 1. The quantitative estimate of drug-likeness (QED) is 0.589. The Morgan fingerprint density at radius 1 is 1.60 bits per heavy atom. The lowest BCUT2D eigenvalue weighted by Gasteiger charge is -2.01. The van der Waals surface area contributed by atoms with Gasteiger partial charge in [-0.05, 0) is 11.6 Å². The van der Waals surface area contributed by atoms with E-state index < -0.39 is 22.5 Å². The number of hydrogen-bond acceptors (Lipinski definition) is 3. The summed E-state index contributed by atoms with van der Waals surface area (Å²) in [5, 5.41) is 20.6. The lowest BCUT2D eigenvalue weighted by molar-refractivity contribution is -0.387. The minimum atomic E-state index is -1.25. The summed E-state index contributed by atoms with van der Waals surface area (Å²) in [6, 6.07) is 3.19. The molecule has 0 unspecified atom stereocenters. The van der Waals surface area contributed by atoms with Crippen LogP contribution < -0.4 is 5.32 Å². The SMILES string of the molecule is O=C(O)NCc1ccc(F)c([N+](=O)[O-])c1. The Hall–Kier alpha value is -2.18. The number of nitrogens with one attached hydrogen (secondary N) is 1. The molecule has 15 heavy (non-hydrogen) atoms. The highest BCUT2D eigenvalue weighted by Gasteiger charge is 2.14. The van der Waals surface area contributed by atoms with E-state index in [0.717, 1.165) is 12.1 Å². The number of amides is 1. The molecule has 0 aromatic heterocycles. The standard InChI is InChI=1S/C8H7FN2O4/c9-6-2-1-5(4-10-8(12)13)3-7(6)11(14)15/h1-3,10H,4H2,(H,12,13). The van der Waals surface area contributed by atoms with Gasteiger partial charge in [0.1, 0.15) is 0 Å². The third-order valence-electron chi connectivity index (χ3n) is 1.65. The van der Waals surface area contributed by atoms with Crippen molar-refractivity contribution in [1.82, 2.24) is 5.32 Å². The van der Waals surface area contributed by atoms with Gasteiger partial charge in [-0.2, -0.15) is 4.39 Å². The van der Waals surface area contributed by atoms with E-state index in [2.05, 4.69) is 0 Å².